The molecule has 0 atom stereocenters. The SMILES string of the molecule is Cc1cc2c(Cl)c(c1)N(c1cccc(C(C)(C)C)c1)c1cc(C(C)(C)C)cc(c1)[Si](c1ccccc1)(c1ccccc1)c1cc(cc(C(C)(C)C)c1)N2c1cccc(C(C)(C)C)c1.Cc1cc2c3c(c1)N(c1cccc(C(C)(C)C)c1)c1cc(C(C)(C)C)cc4c1B3c1c(cc(C(C)(C)C)cc1[Si]4(c1ccccc1)c1ccccc1)N2c1cccc(C(C)(C)C)c1. The van der Waals surface area contributed by atoms with Crippen LogP contribution in [0.3, 0.4) is 0 Å². The lowest BCUT2D eigenvalue weighted by atomic mass is 9.33. The molecule has 4 nitrogen and oxygen atoms in total. The lowest BCUT2D eigenvalue weighted by molar-refractivity contribution is 0.589. The van der Waals surface area contributed by atoms with Crippen LogP contribution in [0.25, 0.3) is 0 Å². The van der Waals surface area contributed by atoms with Gasteiger partial charge in [-0.3, -0.25) is 0 Å². The molecule has 14 aromatic rings. The molecule has 0 aliphatic carbocycles. The number of nitrogens with zero attached hydrogens (tertiary/aromatic N) is 4. The average Bonchev–Trinajstić information content (AvgIpc) is 0.657. The summed E-state index contributed by atoms with van der Waals surface area (Å²) in [6.07, 6.45) is 0. The molecule has 4 aliphatic rings. The van der Waals surface area contributed by atoms with E-state index in [4.69, 9.17) is 11.6 Å². The lowest BCUT2D eigenvalue weighted by Crippen LogP contribution is -2.88. The second-order valence-electron chi connectivity index (χ2n) is 44.7. The Morgan fingerprint density at radius 2 is 0.452 bits per heavy atom. The summed E-state index contributed by atoms with van der Waals surface area (Å²) < 4.78 is 0. The first-order valence-electron chi connectivity index (χ1n) is 45.7. The maximum absolute atomic E-state index is 8.12. The third kappa shape index (κ3) is 15.3. The molecule has 0 saturated carbocycles. The van der Waals surface area contributed by atoms with Gasteiger partial charge in [-0.25, -0.2) is 0 Å². The van der Waals surface area contributed by atoms with E-state index in [0.29, 0.717) is 5.02 Å². The van der Waals surface area contributed by atoms with E-state index in [2.05, 4.69) is 503 Å². The minimum absolute atomic E-state index is 0.0107. The van der Waals surface area contributed by atoms with Gasteiger partial charge in [-0.15, -0.1) is 0 Å². The van der Waals surface area contributed by atoms with Crippen molar-refractivity contribution in [1.29, 1.82) is 0 Å². The van der Waals surface area contributed by atoms with Crippen LogP contribution in [0.4, 0.5) is 68.2 Å². The monoisotopic (exact) mass is 1700 g/mol. The Bertz CT molecular complexity index is 6160. The largest absolute Gasteiger partial charge is 0.311 e. The highest BCUT2D eigenvalue weighted by atomic mass is 35.5. The molecule has 0 aromatic heterocycles. The molecule has 0 fully saturated rings. The van der Waals surface area contributed by atoms with Crippen molar-refractivity contribution in [2.45, 2.75) is 223 Å². The summed E-state index contributed by atoms with van der Waals surface area (Å²) in [5.41, 5.74) is 30.5. The highest BCUT2D eigenvalue weighted by Gasteiger charge is 2.58. The maximum atomic E-state index is 8.12. The minimum atomic E-state index is -3.15. The van der Waals surface area contributed by atoms with Crippen molar-refractivity contribution in [3.63, 3.8) is 0 Å². The Balaban J connectivity index is 0.000000178. The molecule has 14 aromatic carbocycles. The number of fused-ring (bicyclic) bond motifs is 6. The maximum Gasteiger partial charge on any atom is 0.251 e. The molecule has 0 N–H and O–H groups in total. The third-order valence-corrected chi connectivity index (χ3v) is 37.2. The molecule has 0 radical (unpaired) electrons. The van der Waals surface area contributed by atoms with E-state index in [-0.39, 0.29) is 50.0 Å². The number of hydrogen-bond donors (Lipinski definition) is 0. The second-order valence-corrected chi connectivity index (χ2v) is 52.6. The lowest BCUT2D eigenvalue weighted by Gasteiger charge is -2.52. The van der Waals surface area contributed by atoms with Gasteiger partial charge in [0.2, 0.25) is 0 Å². The molecular formula is C118H128BClN4Si2. The molecule has 18 rings (SSSR count). The third-order valence-electron chi connectivity index (χ3n) is 27.3. The van der Waals surface area contributed by atoms with E-state index < -0.39 is 16.1 Å². The summed E-state index contributed by atoms with van der Waals surface area (Å²) in [6.45, 7) is 60.8. The van der Waals surface area contributed by atoms with Crippen molar-refractivity contribution in [2.24, 2.45) is 0 Å². The molecule has 126 heavy (non-hydrogen) atoms. The van der Waals surface area contributed by atoms with Crippen LogP contribution < -0.4 is 77.5 Å². The quantitative estimate of drug-likeness (QED) is 0.141. The zero-order valence-electron chi connectivity index (χ0n) is 79.6. The first-order chi connectivity index (χ1) is 59.2. The van der Waals surface area contributed by atoms with Gasteiger partial charge in [-0.05, 0) is 280 Å². The summed E-state index contributed by atoms with van der Waals surface area (Å²) in [5.74, 6) is 0. The van der Waals surface area contributed by atoms with Crippen molar-refractivity contribution in [2.75, 3.05) is 19.6 Å². The van der Waals surface area contributed by atoms with Gasteiger partial charge in [0.25, 0.3) is 6.71 Å². The molecule has 8 heteroatoms. The van der Waals surface area contributed by atoms with Gasteiger partial charge in [-0.1, -0.05) is 372 Å². The summed E-state index contributed by atoms with van der Waals surface area (Å²) >= 11 is 8.12. The van der Waals surface area contributed by atoms with Crippen molar-refractivity contribution in [3.8, 4) is 0 Å². The molecule has 638 valence electrons. The van der Waals surface area contributed by atoms with Crippen LogP contribution in [-0.2, 0) is 43.3 Å². The Morgan fingerprint density at radius 3 is 0.738 bits per heavy atom. The van der Waals surface area contributed by atoms with E-state index in [1.807, 2.05) is 0 Å². The molecular weight excluding hydrogens is 1580 g/mol. The van der Waals surface area contributed by atoms with Crippen molar-refractivity contribution >= 4 is 161 Å². The first kappa shape index (κ1) is 87.2. The number of halogens is 1. The number of hydrogen-bond acceptors (Lipinski definition) is 4. The fourth-order valence-corrected chi connectivity index (χ4v) is 30.7. The molecule has 0 spiro atoms. The molecule has 4 heterocycles. The van der Waals surface area contributed by atoms with E-state index in [1.54, 1.807) is 0 Å². The predicted molar refractivity (Wildman–Crippen MR) is 555 cm³/mol. The highest BCUT2D eigenvalue weighted by molar-refractivity contribution is 7.27. The second kappa shape index (κ2) is 31.2. The van der Waals surface area contributed by atoms with Crippen molar-refractivity contribution < 1.29 is 0 Å². The Hall–Kier alpha value is -10.9. The molecule has 0 unspecified atom stereocenters. The average molecular weight is 1700 g/mol. The van der Waals surface area contributed by atoms with E-state index in [1.165, 1.54) is 142 Å². The summed E-state index contributed by atoms with van der Waals surface area (Å²) in [6, 6.07) is 118. The van der Waals surface area contributed by atoms with Gasteiger partial charge in [0.15, 0.2) is 16.1 Å². The van der Waals surface area contributed by atoms with Crippen LogP contribution in [0.15, 0.2) is 303 Å². The van der Waals surface area contributed by atoms with Crippen LogP contribution in [0, 0.1) is 13.8 Å². The van der Waals surface area contributed by atoms with E-state index in [9.17, 15) is 0 Å². The summed E-state index contributed by atoms with van der Waals surface area (Å²) in [4.78, 5) is 10.2. The molecule has 0 amide bonds. The zero-order chi connectivity index (χ0) is 89.9. The van der Waals surface area contributed by atoms with Crippen LogP contribution in [0.1, 0.15) is 222 Å². The number of aryl methyl sites for hydroxylation is 2. The normalized spacial score (nSPS) is 14.7. The van der Waals surface area contributed by atoms with Crippen LogP contribution >= 0.6 is 11.6 Å². The fourth-order valence-electron chi connectivity index (χ4n) is 20.2. The topological polar surface area (TPSA) is 13.0 Å². The summed E-state index contributed by atoms with van der Waals surface area (Å²) in [5, 5.41) is 12.0. The van der Waals surface area contributed by atoms with E-state index in [0.717, 1.165) is 39.7 Å². The smallest absolute Gasteiger partial charge is 0.251 e. The highest BCUT2D eigenvalue weighted by Crippen LogP contribution is 2.53. The van der Waals surface area contributed by atoms with Gasteiger partial charge in [0.1, 0.15) is 0 Å². The van der Waals surface area contributed by atoms with E-state index >= 15 is 0 Å². The molecule has 4 aliphatic heterocycles. The van der Waals surface area contributed by atoms with Gasteiger partial charge in [0, 0.05) is 56.9 Å². The number of rotatable bonds is 8. The summed E-state index contributed by atoms with van der Waals surface area (Å²) in [7, 11) is -6.23. The van der Waals surface area contributed by atoms with Gasteiger partial charge < -0.3 is 19.6 Å². The Labute approximate surface area is 761 Å². The van der Waals surface area contributed by atoms with Crippen molar-refractivity contribution in [3.05, 3.63) is 364 Å². The van der Waals surface area contributed by atoms with Crippen molar-refractivity contribution in [1.82, 2.24) is 0 Å². The zero-order valence-corrected chi connectivity index (χ0v) is 82.4. The Kier molecular flexibility index (Phi) is 21.6. The van der Waals surface area contributed by atoms with Gasteiger partial charge in [0.05, 0.1) is 16.4 Å². The van der Waals surface area contributed by atoms with Gasteiger partial charge in [-0.2, -0.15) is 0 Å². The predicted octanol–water partition coefficient (Wildman–Crippen LogP) is 25.4. The Morgan fingerprint density at radius 1 is 0.206 bits per heavy atom. The minimum Gasteiger partial charge on any atom is -0.311 e. The van der Waals surface area contributed by atoms with Crippen LogP contribution in [0.2, 0.25) is 5.02 Å². The fraction of sp³-hybridized carbons (Fsp3) is 0.288. The number of benzene rings is 14. The standard InChI is InChI=1S/C59H63BN2Si.C59H65ClN2Si/c1-38-30-47-53-48(31-38)62(44-25-21-23-40(33-44)57(5,6)7)50-35-42(59(11,12)13)37-52-55(50)60(53)54-49(61(47)43-24-20-22-39(32-43)56(2,3)4)34-41(58(8,9)10)36-51(54)63(52,45-26-16-14-17-27-45)46-28-18-15-19-29-46;1-40-30-53-55(60)54(31-40)62(46-25-21-23-42(33-46)57(5,6)7)48-35-44(59(11,12)13)37-52(39-48)63(49-26-16-14-17-27-49,50-28-18-15-19-29-50)51-36-43(58(8,9)10)34-47(38-51)61(53)45-24-20-22-41(32-45)56(2,3)4/h14-37H,1-13H3;14-39H,1-13H3. The number of anilines is 12. The van der Waals surface area contributed by atoms with Gasteiger partial charge >= 0.3 is 0 Å². The first-order valence-corrected chi connectivity index (χ1v) is 50.1. The van der Waals surface area contributed by atoms with Crippen LogP contribution in [-0.4, -0.2) is 22.9 Å². The molecule has 0 saturated heterocycles. The molecule has 6 bridgehead atoms. The van der Waals surface area contributed by atoms with Crippen LogP contribution in [0.5, 0.6) is 0 Å².